The minimum absolute atomic E-state index is 0.0375. The van der Waals surface area contributed by atoms with Gasteiger partial charge in [0.25, 0.3) is 0 Å². The summed E-state index contributed by atoms with van der Waals surface area (Å²) in [6.07, 6.45) is 10.2. The predicted octanol–water partition coefficient (Wildman–Crippen LogP) is 4.99. The third-order valence-electron chi connectivity index (χ3n) is 8.20. The van der Waals surface area contributed by atoms with Crippen LogP contribution in [0.1, 0.15) is 42.5 Å². The van der Waals surface area contributed by atoms with Crippen LogP contribution in [0, 0.1) is 18.3 Å². The molecule has 1 saturated carbocycles. The lowest BCUT2D eigenvalue weighted by molar-refractivity contribution is 0.240. The van der Waals surface area contributed by atoms with Crippen molar-refractivity contribution in [3.8, 4) is 28.6 Å². The highest BCUT2D eigenvalue weighted by Gasteiger charge is 2.31. The summed E-state index contributed by atoms with van der Waals surface area (Å²) in [5, 5.41) is 24.9. The maximum absolute atomic E-state index is 13.7. The number of aromatic nitrogens is 7. The van der Waals surface area contributed by atoms with E-state index in [1.807, 2.05) is 75.7 Å². The van der Waals surface area contributed by atoms with Crippen molar-refractivity contribution >= 4 is 17.8 Å². The maximum Gasteiger partial charge on any atom is 0.323 e. The van der Waals surface area contributed by atoms with E-state index < -0.39 is 0 Å². The van der Waals surface area contributed by atoms with E-state index in [1.54, 1.807) is 32.9 Å². The number of hydrogen-bond donors (Lipinski definition) is 2. The molecule has 45 heavy (non-hydrogen) atoms. The predicted molar refractivity (Wildman–Crippen MR) is 171 cm³/mol. The first-order valence-electron chi connectivity index (χ1n) is 15.0. The third-order valence-corrected chi connectivity index (χ3v) is 8.20. The van der Waals surface area contributed by atoms with Crippen LogP contribution in [0.3, 0.4) is 0 Å². The van der Waals surface area contributed by atoms with Crippen molar-refractivity contribution in [2.75, 3.05) is 10.2 Å². The van der Waals surface area contributed by atoms with Crippen molar-refractivity contribution in [2.24, 2.45) is 14.1 Å². The number of aryl methyl sites for hydroxylation is 3. The molecule has 0 bridgehead atoms. The molecule has 2 amide bonds. The van der Waals surface area contributed by atoms with Gasteiger partial charge in [-0.05, 0) is 56.4 Å². The molecule has 1 fully saturated rings. The average molecular weight is 602 g/mol. The Hall–Kier alpha value is -5.57. The average Bonchev–Trinajstić information content (AvgIpc) is 3.65. The minimum atomic E-state index is -0.178. The fraction of sp³-hybridized carbons (Fsp3) is 0.303. The highest BCUT2D eigenvalue weighted by Crippen LogP contribution is 2.30. The second-order valence-electron chi connectivity index (χ2n) is 11.3. The number of pyridine rings is 1. The van der Waals surface area contributed by atoms with Crippen LogP contribution in [0.15, 0.2) is 73.3 Å². The Morgan fingerprint density at radius 1 is 1.02 bits per heavy atom. The van der Waals surface area contributed by atoms with Gasteiger partial charge in [-0.2, -0.15) is 15.5 Å². The quantitative estimate of drug-likeness (QED) is 0.253. The Labute approximate surface area is 261 Å². The molecule has 0 aliphatic heterocycles. The lowest BCUT2D eigenvalue weighted by atomic mass is 9.90. The van der Waals surface area contributed by atoms with E-state index in [0.29, 0.717) is 35.3 Å². The zero-order valence-electron chi connectivity index (χ0n) is 25.6. The Morgan fingerprint density at radius 2 is 1.82 bits per heavy atom. The summed E-state index contributed by atoms with van der Waals surface area (Å²) >= 11 is 0. The molecule has 1 aliphatic carbocycles. The van der Waals surface area contributed by atoms with Gasteiger partial charge < -0.3 is 10.6 Å². The summed E-state index contributed by atoms with van der Waals surface area (Å²) in [7, 11) is 3.74. The van der Waals surface area contributed by atoms with Crippen LogP contribution in [0.5, 0.6) is 0 Å². The Kier molecular flexibility index (Phi) is 8.50. The van der Waals surface area contributed by atoms with Crippen molar-refractivity contribution < 1.29 is 4.79 Å². The van der Waals surface area contributed by atoms with Gasteiger partial charge >= 0.3 is 6.03 Å². The Balaban J connectivity index is 1.17. The molecular formula is C33H35N11O. The second-order valence-corrected chi connectivity index (χ2v) is 11.3. The fourth-order valence-electron chi connectivity index (χ4n) is 5.65. The normalized spacial score (nSPS) is 16.1. The highest BCUT2D eigenvalue weighted by atomic mass is 16.2. The van der Waals surface area contributed by atoms with Gasteiger partial charge in [0, 0.05) is 61.9 Å². The van der Waals surface area contributed by atoms with E-state index >= 15 is 0 Å². The molecule has 0 radical (unpaired) electrons. The minimum Gasteiger partial charge on any atom is -0.351 e. The molecule has 0 atom stereocenters. The van der Waals surface area contributed by atoms with Gasteiger partial charge in [-0.3, -0.25) is 14.3 Å². The Morgan fingerprint density at radius 3 is 2.47 bits per heavy atom. The number of carbonyl (C=O) groups is 1. The zero-order chi connectivity index (χ0) is 31.3. The van der Waals surface area contributed by atoms with Gasteiger partial charge in [0.1, 0.15) is 23.3 Å². The summed E-state index contributed by atoms with van der Waals surface area (Å²) < 4.78 is 3.51. The second kappa shape index (κ2) is 13.0. The lowest BCUT2D eigenvalue weighted by Crippen LogP contribution is -2.49. The molecule has 1 aliphatic rings. The van der Waals surface area contributed by atoms with Crippen molar-refractivity contribution in [3.05, 3.63) is 90.1 Å². The first kappa shape index (κ1) is 29.5. The number of anilines is 2. The third kappa shape index (κ3) is 6.67. The largest absolute Gasteiger partial charge is 0.351 e. The van der Waals surface area contributed by atoms with E-state index in [1.165, 1.54) is 0 Å². The molecule has 0 spiro atoms. The molecule has 1 aromatic carbocycles. The monoisotopic (exact) mass is 601 g/mol. The first-order valence-corrected chi connectivity index (χ1v) is 15.0. The number of rotatable bonds is 8. The number of hydrogen-bond acceptors (Lipinski definition) is 8. The number of urea groups is 1. The van der Waals surface area contributed by atoms with Crippen molar-refractivity contribution in [3.63, 3.8) is 0 Å². The fourth-order valence-corrected chi connectivity index (χ4v) is 5.65. The number of nitrogens with one attached hydrogen (secondary N) is 2. The van der Waals surface area contributed by atoms with Crippen LogP contribution < -0.4 is 15.5 Å². The van der Waals surface area contributed by atoms with E-state index in [9.17, 15) is 10.1 Å². The van der Waals surface area contributed by atoms with Crippen LogP contribution in [0.4, 0.5) is 16.6 Å². The number of nitriles is 1. The molecular weight excluding hydrogens is 566 g/mol. The smallest absolute Gasteiger partial charge is 0.323 e. The van der Waals surface area contributed by atoms with Gasteiger partial charge in [0.05, 0.1) is 18.0 Å². The van der Waals surface area contributed by atoms with Crippen LogP contribution in [-0.4, -0.2) is 52.6 Å². The Bertz CT molecular complexity index is 1790. The number of nitrogens with zero attached hydrogens (tertiary/aromatic N) is 9. The molecule has 4 aromatic heterocycles. The molecule has 0 saturated heterocycles. The van der Waals surface area contributed by atoms with Crippen molar-refractivity contribution in [1.29, 1.82) is 5.26 Å². The van der Waals surface area contributed by atoms with E-state index in [4.69, 9.17) is 4.98 Å². The summed E-state index contributed by atoms with van der Waals surface area (Å²) in [5.41, 5.74) is 5.43. The maximum atomic E-state index is 13.7. The first-order chi connectivity index (χ1) is 21.9. The summed E-state index contributed by atoms with van der Waals surface area (Å²) in [6, 6.07) is 17.7. The molecule has 2 N–H and O–H groups in total. The number of carbonyl (C=O) groups excluding carboxylic acids is 1. The molecule has 228 valence electrons. The van der Waals surface area contributed by atoms with Gasteiger partial charge in [0.15, 0.2) is 0 Å². The molecule has 6 rings (SSSR count). The van der Waals surface area contributed by atoms with E-state index in [0.717, 1.165) is 48.1 Å². The summed E-state index contributed by atoms with van der Waals surface area (Å²) in [6.45, 7) is 2.38. The zero-order valence-corrected chi connectivity index (χ0v) is 25.6. The molecule has 12 nitrogen and oxygen atoms in total. The lowest BCUT2D eigenvalue weighted by Gasteiger charge is -2.36. The van der Waals surface area contributed by atoms with Crippen LogP contribution in [-0.2, 0) is 20.6 Å². The summed E-state index contributed by atoms with van der Waals surface area (Å²) in [4.78, 5) is 29.3. The SMILES string of the molecule is Cc1cc(-c2nc(N[C@H]3CC[C@H](N(C(=O)NCc4ccccc4)c4ccc(-c5cnn(C)c5)cn4)CC3)ncc2C#N)nn1C. The molecule has 5 aromatic rings. The van der Waals surface area contributed by atoms with E-state index in [-0.39, 0.29) is 18.1 Å². The molecule has 12 heteroatoms. The van der Waals surface area contributed by atoms with Gasteiger partial charge in [-0.25, -0.2) is 19.7 Å². The highest BCUT2D eigenvalue weighted by molar-refractivity contribution is 5.91. The van der Waals surface area contributed by atoms with Gasteiger partial charge in [0.2, 0.25) is 5.95 Å². The molecule has 4 heterocycles. The topological polar surface area (TPSA) is 142 Å². The summed E-state index contributed by atoms with van der Waals surface area (Å²) in [5.74, 6) is 1.07. The van der Waals surface area contributed by atoms with Crippen molar-refractivity contribution in [2.45, 2.75) is 51.2 Å². The van der Waals surface area contributed by atoms with Crippen LogP contribution in [0.25, 0.3) is 22.5 Å². The van der Waals surface area contributed by atoms with E-state index in [2.05, 4.69) is 36.9 Å². The number of benzene rings is 1. The van der Waals surface area contributed by atoms with Crippen LogP contribution >= 0.6 is 0 Å². The van der Waals surface area contributed by atoms with Gasteiger partial charge in [-0.1, -0.05) is 30.3 Å². The molecule has 0 unspecified atom stereocenters. The number of amides is 2. The van der Waals surface area contributed by atoms with Gasteiger partial charge in [-0.15, -0.1) is 0 Å². The van der Waals surface area contributed by atoms with Crippen molar-refractivity contribution in [1.82, 2.24) is 39.8 Å². The van der Waals surface area contributed by atoms with Crippen LogP contribution in [0.2, 0.25) is 0 Å². The standard InChI is InChI=1S/C33H35N11O/c1-22-15-29(41-43(22)3)31-25(16-34)19-36-32(40-31)39-27-10-12-28(13-11-27)44(33(45)37-17-23-7-5-4-6-8-23)30-14-9-24(18-35-30)26-20-38-42(2)21-26/h4-9,14-15,18-21,27-28H,10-13,17H2,1-3H3,(H,37,45)(H,36,39,40)/t27-,28-.